The summed E-state index contributed by atoms with van der Waals surface area (Å²) in [5.74, 6) is 0.940. The van der Waals surface area contributed by atoms with Crippen molar-refractivity contribution < 1.29 is 9.15 Å². The summed E-state index contributed by atoms with van der Waals surface area (Å²) < 4.78 is 10.7. The standard InChI is InChI=1S/C16H21NO2/c1-13(10-12-18-2)17-16(15-9-6-11-19-15)14-7-4-3-5-8-14/h3-9,11,13,16-17H,10,12H2,1-2H3. The van der Waals surface area contributed by atoms with Gasteiger partial charge in [0.15, 0.2) is 0 Å². The van der Waals surface area contributed by atoms with E-state index < -0.39 is 0 Å². The van der Waals surface area contributed by atoms with Gasteiger partial charge in [0.2, 0.25) is 0 Å². The summed E-state index contributed by atoms with van der Waals surface area (Å²) in [6.45, 7) is 2.92. The summed E-state index contributed by atoms with van der Waals surface area (Å²) in [6.07, 6.45) is 2.69. The van der Waals surface area contributed by atoms with Gasteiger partial charge in [-0.1, -0.05) is 30.3 Å². The van der Waals surface area contributed by atoms with Crippen LogP contribution in [-0.4, -0.2) is 19.8 Å². The number of ether oxygens (including phenoxy) is 1. The molecule has 2 unspecified atom stereocenters. The molecule has 0 radical (unpaired) electrons. The van der Waals surface area contributed by atoms with Crippen LogP contribution in [0.1, 0.15) is 30.7 Å². The first-order valence-corrected chi connectivity index (χ1v) is 6.64. The van der Waals surface area contributed by atoms with E-state index in [9.17, 15) is 0 Å². The van der Waals surface area contributed by atoms with Gasteiger partial charge >= 0.3 is 0 Å². The molecule has 0 amide bonds. The molecule has 1 aromatic carbocycles. The molecule has 3 nitrogen and oxygen atoms in total. The quantitative estimate of drug-likeness (QED) is 0.827. The van der Waals surface area contributed by atoms with Crippen LogP contribution in [0.2, 0.25) is 0 Å². The highest BCUT2D eigenvalue weighted by atomic mass is 16.5. The number of hydrogen-bond donors (Lipinski definition) is 1. The zero-order valence-corrected chi connectivity index (χ0v) is 11.5. The van der Waals surface area contributed by atoms with Gasteiger partial charge in [0.1, 0.15) is 5.76 Å². The monoisotopic (exact) mass is 259 g/mol. The molecule has 2 atom stereocenters. The molecule has 0 fully saturated rings. The van der Waals surface area contributed by atoms with Crippen LogP contribution in [0.5, 0.6) is 0 Å². The molecule has 102 valence electrons. The minimum Gasteiger partial charge on any atom is -0.467 e. The maximum atomic E-state index is 5.56. The van der Waals surface area contributed by atoms with E-state index >= 15 is 0 Å². The minimum absolute atomic E-state index is 0.0862. The van der Waals surface area contributed by atoms with Crippen LogP contribution >= 0.6 is 0 Å². The molecule has 0 aliphatic rings. The molecule has 1 aromatic heterocycles. The zero-order valence-electron chi connectivity index (χ0n) is 11.5. The second kappa shape index (κ2) is 7.12. The molecule has 0 saturated heterocycles. The Labute approximate surface area is 114 Å². The average Bonchev–Trinajstić information content (AvgIpc) is 2.97. The van der Waals surface area contributed by atoms with Gasteiger partial charge in [0.25, 0.3) is 0 Å². The Kier molecular flexibility index (Phi) is 5.19. The second-order valence-electron chi connectivity index (χ2n) is 4.71. The Morgan fingerprint density at radius 1 is 1.16 bits per heavy atom. The smallest absolute Gasteiger partial charge is 0.125 e. The summed E-state index contributed by atoms with van der Waals surface area (Å²) in [5, 5.41) is 3.60. The highest BCUT2D eigenvalue weighted by Crippen LogP contribution is 2.23. The SMILES string of the molecule is COCCC(C)NC(c1ccccc1)c1ccco1. The van der Waals surface area contributed by atoms with Crippen molar-refractivity contribution in [1.29, 1.82) is 0 Å². The summed E-state index contributed by atoms with van der Waals surface area (Å²) in [5.41, 5.74) is 1.21. The average molecular weight is 259 g/mol. The molecule has 3 heteroatoms. The van der Waals surface area contributed by atoms with E-state index in [1.54, 1.807) is 13.4 Å². The lowest BCUT2D eigenvalue weighted by Crippen LogP contribution is -2.32. The van der Waals surface area contributed by atoms with Crippen LogP contribution in [0.15, 0.2) is 53.1 Å². The Morgan fingerprint density at radius 3 is 2.58 bits per heavy atom. The van der Waals surface area contributed by atoms with E-state index in [4.69, 9.17) is 9.15 Å². The van der Waals surface area contributed by atoms with Crippen molar-refractivity contribution in [1.82, 2.24) is 5.32 Å². The lowest BCUT2D eigenvalue weighted by molar-refractivity contribution is 0.183. The van der Waals surface area contributed by atoms with Crippen molar-refractivity contribution in [3.8, 4) is 0 Å². The highest BCUT2D eigenvalue weighted by molar-refractivity contribution is 5.26. The van der Waals surface area contributed by atoms with Crippen LogP contribution in [0.3, 0.4) is 0 Å². The molecule has 0 spiro atoms. The largest absolute Gasteiger partial charge is 0.467 e. The Morgan fingerprint density at radius 2 is 1.95 bits per heavy atom. The van der Waals surface area contributed by atoms with E-state index in [0.717, 1.165) is 18.8 Å². The van der Waals surface area contributed by atoms with Gasteiger partial charge in [-0.15, -0.1) is 0 Å². The van der Waals surface area contributed by atoms with E-state index in [1.807, 2.05) is 30.3 Å². The maximum Gasteiger partial charge on any atom is 0.125 e. The lowest BCUT2D eigenvalue weighted by Gasteiger charge is -2.22. The molecule has 2 aromatic rings. The predicted molar refractivity (Wildman–Crippen MR) is 76.1 cm³/mol. The van der Waals surface area contributed by atoms with Crippen molar-refractivity contribution in [2.45, 2.75) is 25.4 Å². The lowest BCUT2D eigenvalue weighted by atomic mass is 10.0. The summed E-state index contributed by atoms with van der Waals surface area (Å²) in [4.78, 5) is 0. The Bertz CT molecular complexity index is 453. The van der Waals surface area contributed by atoms with Crippen LogP contribution in [-0.2, 0) is 4.74 Å². The van der Waals surface area contributed by atoms with Gasteiger partial charge in [0, 0.05) is 19.8 Å². The van der Waals surface area contributed by atoms with Crippen LogP contribution in [0, 0.1) is 0 Å². The first kappa shape index (κ1) is 13.8. The van der Waals surface area contributed by atoms with E-state index in [0.29, 0.717) is 6.04 Å². The third-order valence-electron chi connectivity index (χ3n) is 3.17. The highest BCUT2D eigenvalue weighted by Gasteiger charge is 2.18. The Balaban J connectivity index is 2.12. The van der Waals surface area contributed by atoms with Gasteiger partial charge in [0.05, 0.1) is 12.3 Å². The molecule has 19 heavy (non-hydrogen) atoms. The number of benzene rings is 1. The van der Waals surface area contributed by atoms with Crippen LogP contribution in [0.4, 0.5) is 0 Å². The van der Waals surface area contributed by atoms with Gasteiger partial charge < -0.3 is 14.5 Å². The molecular weight excluding hydrogens is 238 g/mol. The fourth-order valence-electron chi connectivity index (χ4n) is 2.11. The maximum absolute atomic E-state index is 5.56. The number of methoxy groups -OCH3 is 1. The number of rotatable bonds is 7. The first-order valence-electron chi connectivity index (χ1n) is 6.64. The zero-order chi connectivity index (χ0) is 13.5. The number of furan rings is 1. The van der Waals surface area contributed by atoms with Crippen LogP contribution < -0.4 is 5.32 Å². The summed E-state index contributed by atoms with van der Waals surface area (Å²) >= 11 is 0. The van der Waals surface area contributed by atoms with Gasteiger partial charge in [-0.3, -0.25) is 0 Å². The molecule has 1 heterocycles. The fourth-order valence-corrected chi connectivity index (χ4v) is 2.11. The first-order chi connectivity index (χ1) is 9.31. The van der Waals surface area contributed by atoms with E-state index in [2.05, 4.69) is 24.4 Å². The normalized spacial score (nSPS) is 14.2. The topological polar surface area (TPSA) is 34.4 Å². The van der Waals surface area contributed by atoms with Gasteiger partial charge in [-0.2, -0.15) is 0 Å². The molecule has 0 saturated carbocycles. The fraction of sp³-hybridized carbons (Fsp3) is 0.375. The van der Waals surface area contributed by atoms with Crippen molar-refractivity contribution in [3.63, 3.8) is 0 Å². The number of nitrogens with one attached hydrogen (secondary N) is 1. The van der Waals surface area contributed by atoms with Crippen molar-refractivity contribution >= 4 is 0 Å². The molecule has 0 bridgehead atoms. The molecule has 0 aliphatic heterocycles. The summed E-state index contributed by atoms with van der Waals surface area (Å²) in [7, 11) is 1.73. The molecular formula is C16H21NO2. The molecule has 0 aliphatic carbocycles. The van der Waals surface area contributed by atoms with Crippen molar-refractivity contribution in [2.75, 3.05) is 13.7 Å². The Hall–Kier alpha value is -1.58. The second-order valence-corrected chi connectivity index (χ2v) is 4.71. The molecule has 2 rings (SSSR count). The van der Waals surface area contributed by atoms with E-state index in [-0.39, 0.29) is 6.04 Å². The third kappa shape index (κ3) is 3.94. The third-order valence-corrected chi connectivity index (χ3v) is 3.17. The molecule has 1 N–H and O–H groups in total. The van der Waals surface area contributed by atoms with Crippen molar-refractivity contribution in [3.05, 3.63) is 60.1 Å². The van der Waals surface area contributed by atoms with Gasteiger partial charge in [-0.25, -0.2) is 0 Å². The van der Waals surface area contributed by atoms with Gasteiger partial charge in [-0.05, 0) is 31.0 Å². The van der Waals surface area contributed by atoms with E-state index in [1.165, 1.54) is 5.56 Å². The predicted octanol–water partition coefficient (Wildman–Crippen LogP) is 3.38. The van der Waals surface area contributed by atoms with Crippen LogP contribution in [0.25, 0.3) is 0 Å². The number of hydrogen-bond acceptors (Lipinski definition) is 3. The summed E-state index contributed by atoms with van der Waals surface area (Å²) in [6, 6.07) is 14.7. The minimum atomic E-state index is 0.0862. The van der Waals surface area contributed by atoms with Crippen molar-refractivity contribution in [2.24, 2.45) is 0 Å².